The molecule has 0 saturated heterocycles. The third-order valence-corrected chi connectivity index (χ3v) is 4.85. The fraction of sp³-hybridized carbons (Fsp3) is 0.500. The van der Waals surface area contributed by atoms with E-state index in [4.69, 9.17) is 14.2 Å². The summed E-state index contributed by atoms with van der Waals surface area (Å²) in [6.07, 6.45) is 1.78. The Labute approximate surface area is 187 Å². The molecule has 5 nitrogen and oxygen atoms in total. The van der Waals surface area contributed by atoms with Crippen LogP contribution in [0, 0.1) is 6.92 Å². The van der Waals surface area contributed by atoms with E-state index in [0.717, 1.165) is 17.7 Å². The van der Waals surface area contributed by atoms with Crippen LogP contribution in [0.4, 0.5) is 0 Å². The van der Waals surface area contributed by atoms with Gasteiger partial charge < -0.3 is 19.5 Å². The number of hydrogen-bond acceptors (Lipinski definition) is 4. The molecule has 0 heterocycles. The Morgan fingerprint density at radius 1 is 0.903 bits per heavy atom. The van der Waals surface area contributed by atoms with Crippen molar-refractivity contribution in [1.82, 2.24) is 5.32 Å². The number of carbonyl (C=O) groups excluding carboxylic acids is 1. The quantitative estimate of drug-likeness (QED) is 0.525. The highest BCUT2D eigenvalue weighted by Crippen LogP contribution is 2.29. The van der Waals surface area contributed by atoms with Crippen LogP contribution in [0.1, 0.15) is 50.8 Å². The lowest BCUT2D eigenvalue weighted by atomic mass is 10.0. The highest BCUT2D eigenvalue weighted by Gasteiger charge is 2.20. The highest BCUT2D eigenvalue weighted by atomic mass is 16.5. The zero-order valence-electron chi connectivity index (χ0n) is 19.7. The molecular formula is C26H37NO4. The van der Waals surface area contributed by atoms with E-state index in [9.17, 15) is 4.79 Å². The lowest BCUT2D eigenvalue weighted by molar-refractivity contribution is -0.136. The number of methoxy groups -OCH3 is 1. The summed E-state index contributed by atoms with van der Waals surface area (Å²) in [7, 11) is 1.63. The topological polar surface area (TPSA) is 56.8 Å². The summed E-state index contributed by atoms with van der Waals surface area (Å²) in [5, 5.41) is 3.03. The van der Waals surface area contributed by atoms with Crippen LogP contribution in [-0.2, 0) is 22.4 Å². The van der Waals surface area contributed by atoms with E-state index in [2.05, 4.69) is 36.5 Å². The van der Waals surface area contributed by atoms with Gasteiger partial charge in [0.25, 0.3) is 0 Å². The summed E-state index contributed by atoms with van der Waals surface area (Å²) in [5.41, 5.74) is 3.53. The molecule has 0 aliphatic rings. The van der Waals surface area contributed by atoms with Gasteiger partial charge >= 0.3 is 0 Å². The van der Waals surface area contributed by atoms with Gasteiger partial charge in [0, 0.05) is 6.54 Å². The van der Waals surface area contributed by atoms with Crippen molar-refractivity contribution in [3.05, 3.63) is 59.2 Å². The second-order valence-electron chi connectivity index (χ2n) is 8.39. The van der Waals surface area contributed by atoms with E-state index in [0.29, 0.717) is 25.1 Å². The molecule has 0 fully saturated rings. The van der Waals surface area contributed by atoms with Crippen molar-refractivity contribution in [3.8, 4) is 11.5 Å². The Hall–Kier alpha value is -2.53. The molecule has 1 N–H and O–H groups in total. The Kier molecular flexibility index (Phi) is 9.86. The molecule has 1 atom stereocenters. The minimum absolute atomic E-state index is 0.00784. The molecule has 0 bridgehead atoms. The molecule has 170 valence electrons. The van der Waals surface area contributed by atoms with E-state index in [-0.39, 0.29) is 18.1 Å². The zero-order chi connectivity index (χ0) is 22.8. The van der Waals surface area contributed by atoms with Crippen LogP contribution in [0.15, 0.2) is 42.5 Å². The smallest absolute Gasteiger partial charge is 0.249 e. The van der Waals surface area contributed by atoms with Crippen LogP contribution in [0.25, 0.3) is 0 Å². The van der Waals surface area contributed by atoms with Gasteiger partial charge in [-0.25, -0.2) is 0 Å². The summed E-state index contributed by atoms with van der Waals surface area (Å²) in [4.78, 5) is 12.8. The van der Waals surface area contributed by atoms with Gasteiger partial charge in [-0.15, -0.1) is 0 Å². The van der Waals surface area contributed by atoms with Crippen molar-refractivity contribution in [3.63, 3.8) is 0 Å². The average Bonchev–Trinajstić information content (AvgIpc) is 2.72. The largest absolute Gasteiger partial charge is 0.493 e. The van der Waals surface area contributed by atoms with E-state index in [1.807, 2.05) is 45.9 Å². The third-order valence-electron chi connectivity index (χ3n) is 4.85. The summed E-state index contributed by atoms with van der Waals surface area (Å²) < 4.78 is 17.1. The number of hydrogen-bond donors (Lipinski definition) is 1. The number of carbonyl (C=O) groups is 1. The molecule has 31 heavy (non-hydrogen) atoms. The van der Waals surface area contributed by atoms with E-state index >= 15 is 0 Å². The first-order chi connectivity index (χ1) is 14.8. The van der Waals surface area contributed by atoms with Crippen molar-refractivity contribution < 1.29 is 19.0 Å². The Balaban J connectivity index is 1.90. The number of nitrogens with one attached hydrogen (secondary N) is 1. The van der Waals surface area contributed by atoms with Gasteiger partial charge in [-0.3, -0.25) is 4.79 Å². The molecule has 2 aromatic rings. The summed E-state index contributed by atoms with van der Waals surface area (Å²) in [6, 6.07) is 14.3. The van der Waals surface area contributed by atoms with Gasteiger partial charge in [-0.1, -0.05) is 35.9 Å². The van der Waals surface area contributed by atoms with E-state index < -0.39 is 6.10 Å². The lowest BCUT2D eigenvalue weighted by Crippen LogP contribution is -2.39. The molecule has 0 spiro atoms. The Bertz CT molecular complexity index is 815. The molecule has 1 amide bonds. The number of rotatable bonds is 12. The van der Waals surface area contributed by atoms with E-state index in [1.165, 1.54) is 11.1 Å². The SMILES string of the molecule is COc1cc(CCNC(=O)[C@H](CCc2ccc(C)cc2)OC(C)C)ccc1OC(C)C. The molecule has 0 aromatic heterocycles. The molecule has 0 aliphatic carbocycles. The number of ether oxygens (including phenoxy) is 3. The summed E-state index contributed by atoms with van der Waals surface area (Å²) >= 11 is 0. The minimum atomic E-state index is -0.461. The van der Waals surface area contributed by atoms with Crippen molar-refractivity contribution in [2.45, 2.75) is 72.2 Å². The van der Waals surface area contributed by atoms with Gasteiger partial charge in [0.05, 0.1) is 19.3 Å². The molecule has 5 heteroatoms. The summed E-state index contributed by atoms with van der Waals surface area (Å²) in [5.74, 6) is 1.37. The molecule has 0 unspecified atom stereocenters. The lowest BCUT2D eigenvalue weighted by Gasteiger charge is -2.20. The fourth-order valence-electron chi connectivity index (χ4n) is 3.30. The van der Waals surface area contributed by atoms with Gasteiger partial charge in [0.1, 0.15) is 6.10 Å². The molecule has 0 aliphatic heterocycles. The Morgan fingerprint density at radius 2 is 1.58 bits per heavy atom. The van der Waals surface area contributed by atoms with Crippen LogP contribution in [0.5, 0.6) is 11.5 Å². The van der Waals surface area contributed by atoms with Crippen LogP contribution in [0.2, 0.25) is 0 Å². The zero-order valence-corrected chi connectivity index (χ0v) is 19.7. The van der Waals surface area contributed by atoms with Gasteiger partial charge in [0.2, 0.25) is 5.91 Å². The normalized spacial score (nSPS) is 12.1. The molecular weight excluding hydrogens is 390 g/mol. The first-order valence-corrected chi connectivity index (χ1v) is 11.1. The minimum Gasteiger partial charge on any atom is -0.493 e. The van der Waals surface area contributed by atoms with Gasteiger partial charge in [-0.2, -0.15) is 0 Å². The van der Waals surface area contributed by atoms with Crippen LogP contribution < -0.4 is 14.8 Å². The predicted octanol–water partition coefficient (Wildman–Crippen LogP) is 4.88. The third kappa shape index (κ3) is 8.62. The van der Waals surface area contributed by atoms with Gasteiger partial charge in [0.15, 0.2) is 11.5 Å². The average molecular weight is 428 g/mol. The van der Waals surface area contributed by atoms with E-state index in [1.54, 1.807) is 7.11 Å². The summed E-state index contributed by atoms with van der Waals surface area (Å²) in [6.45, 7) is 10.5. The monoisotopic (exact) mass is 427 g/mol. The Morgan fingerprint density at radius 3 is 2.19 bits per heavy atom. The maximum Gasteiger partial charge on any atom is 0.249 e. The number of benzene rings is 2. The van der Waals surface area contributed by atoms with Crippen LogP contribution in [-0.4, -0.2) is 37.9 Å². The molecule has 0 radical (unpaired) electrons. The number of aryl methyl sites for hydroxylation is 2. The van der Waals surface area contributed by atoms with Crippen molar-refractivity contribution in [1.29, 1.82) is 0 Å². The standard InChI is InChI=1S/C26H37NO4/c1-18(2)30-23-13-12-22(17-25(23)29-6)15-16-27-26(28)24(31-19(3)4)14-11-21-9-7-20(5)8-10-21/h7-10,12-13,17-19,24H,11,14-16H2,1-6H3,(H,27,28)/t24-/m0/s1. The highest BCUT2D eigenvalue weighted by molar-refractivity contribution is 5.80. The fourth-order valence-corrected chi connectivity index (χ4v) is 3.30. The maximum atomic E-state index is 12.8. The van der Waals surface area contributed by atoms with Crippen LogP contribution in [0.3, 0.4) is 0 Å². The molecule has 0 saturated carbocycles. The molecule has 2 rings (SSSR count). The predicted molar refractivity (Wildman–Crippen MR) is 125 cm³/mol. The molecule has 2 aromatic carbocycles. The van der Waals surface area contributed by atoms with Crippen molar-refractivity contribution >= 4 is 5.91 Å². The second kappa shape index (κ2) is 12.4. The number of amides is 1. The van der Waals surface area contributed by atoms with Crippen molar-refractivity contribution in [2.24, 2.45) is 0 Å². The first-order valence-electron chi connectivity index (χ1n) is 11.1. The van der Waals surface area contributed by atoms with Crippen LogP contribution >= 0.6 is 0 Å². The van der Waals surface area contributed by atoms with Crippen molar-refractivity contribution in [2.75, 3.05) is 13.7 Å². The second-order valence-corrected chi connectivity index (χ2v) is 8.39. The van der Waals surface area contributed by atoms with Gasteiger partial charge in [-0.05, 0) is 77.1 Å². The maximum absolute atomic E-state index is 12.8. The first kappa shape index (κ1) is 24.7.